The highest BCUT2D eigenvalue weighted by Gasteiger charge is 2.14. The standard InChI is InChI=1S/C11H13N5O2/c1-8-9(3-2-4-10(8)16(17)18)6-15-11(5-12)13-7-14-15/h2-4,7H,5-6,12H2,1H3. The molecule has 0 saturated heterocycles. The molecular formula is C11H13N5O2. The van der Waals surface area contributed by atoms with Crippen molar-refractivity contribution in [3.8, 4) is 0 Å². The molecule has 0 spiro atoms. The fourth-order valence-electron chi connectivity index (χ4n) is 1.78. The maximum atomic E-state index is 10.9. The number of hydrogen-bond acceptors (Lipinski definition) is 5. The minimum atomic E-state index is -0.385. The number of rotatable bonds is 4. The Kier molecular flexibility index (Phi) is 3.33. The lowest BCUT2D eigenvalue weighted by Crippen LogP contribution is -2.11. The Morgan fingerprint density at radius 1 is 1.50 bits per heavy atom. The van der Waals surface area contributed by atoms with Crippen LogP contribution in [0.15, 0.2) is 24.5 Å². The first-order valence-corrected chi connectivity index (χ1v) is 5.43. The first kappa shape index (κ1) is 12.2. The van der Waals surface area contributed by atoms with E-state index in [1.807, 2.05) is 6.07 Å². The van der Waals surface area contributed by atoms with Gasteiger partial charge in [-0.3, -0.25) is 10.1 Å². The summed E-state index contributed by atoms with van der Waals surface area (Å²) in [6.07, 6.45) is 1.43. The highest BCUT2D eigenvalue weighted by Crippen LogP contribution is 2.21. The molecule has 7 heteroatoms. The molecule has 7 nitrogen and oxygen atoms in total. The SMILES string of the molecule is Cc1c(Cn2ncnc2CN)cccc1[N+](=O)[O-]. The molecule has 0 aliphatic rings. The smallest absolute Gasteiger partial charge is 0.272 e. The molecule has 1 heterocycles. The van der Waals surface area contributed by atoms with Gasteiger partial charge in [0.05, 0.1) is 18.0 Å². The number of nitro groups is 1. The van der Waals surface area contributed by atoms with Gasteiger partial charge in [-0.05, 0) is 12.5 Å². The average Bonchev–Trinajstić information content (AvgIpc) is 2.78. The van der Waals surface area contributed by atoms with Crippen molar-refractivity contribution in [1.29, 1.82) is 0 Å². The predicted molar refractivity (Wildman–Crippen MR) is 64.8 cm³/mol. The number of aromatic nitrogens is 3. The van der Waals surface area contributed by atoms with Crippen LogP contribution in [0.5, 0.6) is 0 Å². The van der Waals surface area contributed by atoms with E-state index in [0.29, 0.717) is 17.9 Å². The lowest BCUT2D eigenvalue weighted by atomic mass is 10.1. The summed E-state index contributed by atoms with van der Waals surface area (Å²) in [5.74, 6) is 0.654. The van der Waals surface area contributed by atoms with Crippen LogP contribution in [0.25, 0.3) is 0 Å². The van der Waals surface area contributed by atoms with Crippen LogP contribution < -0.4 is 5.73 Å². The third kappa shape index (κ3) is 2.21. The van der Waals surface area contributed by atoms with Gasteiger partial charge in [0.1, 0.15) is 12.2 Å². The van der Waals surface area contributed by atoms with Crippen LogP contribution in [0.3, 0.4) is 0 Å². The summed E-state index contributed by atoms with van der Waals surface area (Å²) in [5.41, 5.74) is 7.12. The number of benzene rings is 1. The molecule has 2 N–H and O–H groups in total. The van der Waals surface area contributed by atoms with Gasteiger partial charge < -0.3 is 5.73 Å². The predicted octanol–water partition coefficient (Wildman–Crippen LogP) is 1.00. The van der Waals surface area contributed by atoms with E-state index in [0.717, 1.165) is 5.56 Å². The summed E-state index contributed by atoms with van der Waals surface area (Å²) < 4.78 is 1.64. The van der Waals surface area contributed by atoms with E-state index in [1.165, 1.54) is 12.4 Å². The molecule has 94 valence electrons. The zero-order valence-corrected chi connectivity index (χ0v) is 9.91. The molecule has 0 bridgehead atoms. The quantitative estimate of drug-likeness (QED) is 0.641. The summed E-state index contributed by atoms with van der Waals surface area (Å²) >= 11 is 0. The summed E-state index contributed by atoms with van der Waals surface area (Å²) in [6, 6.07) is 4.99. The van der Waals surface area contributed by atoms with Crippen molar-refractivity contribution in [2.45, 2.75) is 20.0 Å². The molecule has 0 saturated carbocycles. The molecule has 0 fully saturated rings. The van der Waals surface area contributed by atoms with E-state index in [4.69, 9.17) is 5.73 Å². The molecule has 0 atom stereocenters. The molecule has 0 aliphatic heterocycles. The summed E-state index contributed by atoms with van der Waals surface area (Å²) in [5, 5.41) is 14.9. The van der Waals surface area contributed by atoms with E-state index in [-0.39, 0.29) is 17.2 Å². The van der Waals surface area contributed by atoms with Gasteiger partial charge in [0.2, 0.25) is 0 Å². The highest BCUT2D eigenvalue weighted by atomic mass is 16.6. The zero-order valence-electron chi connectivity index (χ0n) is 9.91. The fourth-order valence-corrected chi connectivity index (χ4v) is 1.78. The van der Waals surface area contributed by atoms with Gasteiger partial charge in [-0.25, -0.2) is 9.67 Å². The topological polar surface area (TPSA) is 99.9 Å². The lowest BCUT2D eigenvalue weighted by Gasteiger charge is -2.08. The lowest BCUT2D eigenvalue weighted by molar-refractivity contribution is -0.385. The van der Waals surface area contributed by atoms with Crippen molar-refractivity contribution in [3.05, 3.63) is 51.6 Å². The Bertz CT molecular complexity index is 579. The number of nitrogens with zero attached hydrogens (tertiary/aromatic N) is 4. The normalized spacial score (nSPS) is 10.6. The van der Waals surface area contributed by atoms with Gasteiger partial charge in [0, 0.05) is 11.6 Å². The molecule has 0 radical (unpaired) electrons. The molecule has 0 unspecified atom stereocenters. The third-order valence-electron chi connectivity index (χ3n) is 2.81. The van der Waals surface area contributed by atoms with Gasteiger partial charge in [0.25, 0.3) is 5.69 Å². The van der Waals surface area contributed by atoms with Crippen molar-refractivity contribution < 1.29 is 4.92 Å². The van der Waals surface area contributed by atoms with Gasteiger partial charge in [-0.1, -0.05) is 12.1 Å². The van der Waals surface area contributed by atoms with Crippen LogP contribution in [0.2, 0.25) is 0 Å². The van der Waals surface area contributed by atoms with Crippen molar-refractivity contribution in [1.82, 2.24) is 14.8 Å². The second-order valence-electron chi connectivity index (χ2n) is 3.86. The molecule has 18 heavy (non-hydrogen) atoms. The van der Waals surface area contributed by atoms with Gasteiger partial charge in [-0.2, -0.15) is 5.10 Å². The molecular weight excluding hydrogens is 234 g/mol. The Labute approximate surface area is 103 Å². The molecule has 1 aromatic heterocycles. The molecule has 0 amide bonds. The Morgan fingerprint density at radius 3 is 2.94 bits per heavy atom. The molecule has 2 aromatic rings. The van der Waals surface area contributed by atoms with Gasteiger partial charge >= 0.3 is 0 Å². The largest absolute Gasteiger partial charge is 0.324 e. The average molecular weight is 247 g/mol. The number of hydrogen-bond donors (Lipinski definition) is 1. The molecule has 0 aliphatic carbocycles. The Hall–Kier alpha value is -2.28. The zero-order chi connectivity index (χ0) is 13.1. The monoisotopic (exact) mass is 247 g/mol. The van der Waals surface area contributed by atoms with E-state index in [1.54, 1.807) is 17.7 Å². The maximum Gasteiger partial charge on any atom is 0.272 e. The van der Waals surface area contributed by atoms with Gasteiger partial charge in [-0.15, -0.1) is 0 Å². The second-order valence-corrected chi connectivity index (χ2v) is 3.86. The van der Waals surface area contributed by atoms with Crippen molar-refractivity contribution in [3.63, 3.8) is 0 Å². The van der Waals surface area contributed by atoms with Crippen molar-refractivity contribution >= 4 is 5.69 Å². The molecule has 1 aromatic carbocycles. The first-order valence-electron chi connectivity index (χ1n) is 5.43. The van der Waals surface area contributed by atoms with E-state index >= 15 is 0 Å². The Morgan fingerprint density at radius 2 is 2.28 bits per heavy atom. The summed E-state index contributed by atoms with van der Waals surface area (Å²) in [7, 11) is 0. The van der Waals surface area contributed by atoms with Gasteiger partial charge in [0.15, 0.2) is 0 Å². The summed E-state index contributed by atoms with van der Waals surface area (Å²) in [4.78, 5) is 14.5. The van der Waals surface area contributed by atoms with Crippen LogP contribution in [-0.4, -0.2) is 19.7 Å². The van der Waals surface area contributed by atoms with Crippen LogP contribution in [-0.2, 0) is 13.1 Å². The van der Waals surface area contributed by atoms with E-state index in [9.17, 15) is 10.1 Å². The van der Waals surface area contributed by atoms with Crippen LogP contribution in [0, 0.1) is 17.0 Å². The second kappa shape index (κ2) is 4.92. The number of nitrogens with two attached hydrogens (primary N) is 1. The highest BCUT2D eigenvalue weighted by molar-refractivity contribution is 5.44. The van der Waals surface area contributed by atoms with E-state index in [2.05, 4.69) is 10.1 Å². The number of nitro benzene ring substituents is 1. The first-order chi connectivity index (χ1) is 8.63. The minimum Gasteiger partial charge on any atom is -0.324 e. The summed E-state index contributed by atoms with van der Waals surface area (Å²) in [6.45, 7) is 2.44. The van der Waals surface area contributed by atoms with Crippen molar-refractivity contribution in [2.24, 2.45) is 5.73 Å². The van der Waals surface area contributed by atoms with Crippen LogP contribution in [0.1, 0.15) is 17.0 Å². The van der Waals surface area contributed by atoms with Crippen LogP contribution >= 0.6 is 0 Å². The fraction of sp³-hybridized carbons (Fsp3) is 0.273. The van der Waals surface area contributed by atoms with Crippen LogP contribution in [0.4, 0.5) is 5.69 Å². The van der Waals surface area contributed by atoms with E-state index < -0.39 is 0 Å². The Balaban J connectivity index is 2.35. The minimum absolute atomic E-state index is 0.113. The third-order valence-corrected chi connectivity index (χ3v) is 2.81. The molecule has 2 rings (SSSR count). The maximum absolute atomic E-state index is 10.9. The van der Waals surface area contributed by atoms with Crippen molar-refractivity contribution in [2.75, 3.05) is 0 Å².